The van der Waals surface area contributed by atoms with E-state index in [2.05, 4.69) is 26.8 Å². The van der Waals surface area contributed by atoms with Crippen molar-refractivity contribution in [1.29, 1.82) is 0 Å². The molecule has 1 aliphatic carbocycles. The first-order valence-corrected chi connectivity index (χ1v) is 6.57. The molecule has 18 heavy (non-hydrogen) atoms. The van der Waals surface area contributed by atoms with Crippen molar-refractivity contribution in [2.45, 2.75) is 39.7 Å². The molecule has 100 valence electrons. The van der Waals surface area contributed by atoms with Gasteiger partial charge in [-0.1, -0.05) is 6.07 Å². The largest absolute Gasteiger partial charge is 0.496 e. The highest BCUT2D eigenvalue weighted by Gasteiger charge is 2.47. The van der Waals surface area contributed by atoms with Crippen molar-refractivity contribution in [3.05, 3.63) is 28.3 Å². The summed E-state index contributed by atoms with van der Waals surface area (Å²) in [6, 6.07) is 2.22. The summed E-state index contributed by atoms with van der Waals surface area (Å²) in [5, 5.41) is 0. The summed E-state index contributed by atoms with van der Waals surface area (Å²) in [6.07, 6.45) is 2.29. The third-order valence-corrected chi connectivity index (χ3v) is 4.56. The normalized spacial score (nSPS) is 18.6. The molecule has 1 aromatic rings. The van der Waals surface area contributed by atoms with Gasteiger partial charge in [0.2, 0.25) is 0 Å². The molecular formula is C15H24N2O. The van der Waals surface area contributed by atoms with Crippen LogP contribution in [0.15, 0.2) is 6.07 Å². The molecule has 0 radical (unpaired) electrons. The van der Waals surface area contributed by atoms with E-state index in [0.29, 0.717) is 6.54 Å². The van der Waals surface area contributed by atoms with Gasteiger partial charge in [-0.25, -0.2) is 0 Å². The molecule has 0 saturated heterocycles. The Labute approximate surface area is 110 Å². The number of methoxy groups -OCH3 is 1. The van der Waals surface area contributed by atoms with Gasteiger partial charge < -0.3 is 16.2 Å². The Morgan fingerprint density at radius 1 is 1.28 bits per heavy atom. The third-order valence-electron chi connectivity index (χ3n) is 4.56. The molecular weight excluding hydrogens is 224 g/mol. The molecule has 1 aliphatic rings. The second-order valence-electron chi connectivity index (χ2n) is 5.61. The van der Waals surface area contributed by atoms with Crippen LogP contribution in [0.25, 0.3) is 0 Å². The first-order valence-electron chi connectivity index (χ1n) is 6.57. The second-order valence-corrected chi connectivity index (χ2v) is 5.61. The van der Waals surface area contributed by atoms with E-state index in [0.717, 1.165) is 24.2 Å². The van der Waals surface area contributed by atoms with Crippen LogP contribution in [0.3, 0.4) is 0 Å². The van der Waals surface area contributed by atoms with Gasteiger partial charge in [0.05, 0.1) is 7.11 Å². The van der Waals surface area contributed by atoms with Gasteiger partial charge in [-0.2, -0.15) is 0 Å². The van der Waals surface area contributed by atoms with E-state index in [1.165, 1.54) is 16.7 Å². The first-order chi connectivity index (χ1) is 8.46. The Morgan fingerprint density at radius 2 is 1.89 bits per heavy atom. The fourth-order valence-electron chi connectivity index (χ4n) is 2.86. The molecule has 3 heteroatoms. The van der Waals surface area contributed by atoms with Crippen LogP contribution < -0.4 is 16.2 Å². The number of rotatable bonds is 4. The van der Waals surface area contributed by atoms with E-state index in [9.17, 15) is 0 Å². The van der Waals surface area contributed by atoms with E-state index in [1.807, 2.05) is 0 Å². The van der Waals surface area contributed by atoms with Crippen molar-refractivity contribution in [2.75, 3.05) is 13.7 Å². The summed E-state index contributed by atoms with van der Waals surface area (Å²) in [6.45, 7) is 6.97. The molecule has 2 rings (SSSR count). The standard InChI is InChI=1S/C15H24N2O/c1-9-7-12(10(2)11(3)13(9)18-4)14(17)15(8-16)5-6-15/h7,14H,5-6,8,16-17H2,1-4H3. The Hall–Kier alpha value is -1.06. The van der Waals surface area contributed by atoms with E-state index < -0.39 is 0 Å². The summed E-state index contributed by atoms with van der Waals surface area (Å²) in [7, 11) is 1.72. The number of hydrogen-bond donors (Lipinski definition) is 2. The number of ether oxygens (including phenoxy) is 1. The Bertz CT molecular complexity index is 464. The number of hydrogen-bond acceptors (Lipinski definition) is 3. The average Bonchev–Trinajstić information content (AvgIpc) is 3.14. The predicted molar refractivity (Wildman–Crippen MR) is 74.9 cm³/mol. The molecule has 1 unspecified atom stereocenters. The molecule has 1 saturated carbocycles. The highest BCUT2D eigenvalue weighted by atomic mass is 16.5. The van der Waals surface area contributed by atoms with Crippen LogP contribution in [-0.4, -0.2) is 13.7 Å². The minimum absolute atomic E-state index is 0.0470. The molecule has 0 spiro atoms. The van der Waals surface area contributed by atoms with Crippen molar-refractivity contribution in [3.63, 3.8) is 0 Å². The quantitative estimate of drug-likeness (QED) is 0.860. The zero-order chi connectivity index (χ0) is 13.5. The molecule has 0 amide bonds. The van der Waals surface area contributed by atoms with Gasteiger partial charge in [0.25, 0.3) is 0 Å². The minimum Gasteiger partial charge on any atom is -0.496 e. The summed E-state index contributed by atoms with van der Waals surface area (Å²) < 4.78 is 5.45. The SMILES string of the molecule is COc1c(C)cc(C(N)C2(CN)CC2)c(C)c1C. The van der Waals surface area contributed by atoms with E-state index in [-0.39, 0.29) is 11.5 Å². The van der Waals surface area contributed by atoms with Gasteiger partial charge >= 0.3 is 0 Å². The van der Waals surface area contributed by atoms with Crippen LogP contribution in [0.2, 0.25) is 0 Å². The summed E-state index contributed by atoms with van der Waals surface area (Å²) in [5.41, 5.74) is 17.3. The molecule has 1 aromatic carbocycles. The van der Waals surface area contributed by atoms with Gasteiger partial charge in [0, 0.05) is 11.5 Å². The van der Waals surface area contributed by atoms with Crippen molar-refractivity contribution in [3.8, 4) is 5.75 Å². The van der Waals surface area contributed by atoms with Gasteiger partial charge in [0.15, 0.2) is 0 Å². The summed E-state index contributed by atoms with van der Waals surface area (Å²) in [5.74, 6) is 0.973. The predicted octanol–water partition coefficient (Wildman–Crippen LogP) is 2.36. The lowest BCUT2D eigenvalue weighted by Crippen LogP contribution is -2.30. The zero-order valence-corrected chi connectivity index (χ0v) is 11.8. The smallest absolute Gasteiger partial charge is 0.124 e. The lowest BCUT2D eigenvalue weighted by atomic mass is 9.85. The maximum atomic E-state index is 6.46. The summed E-state index contributed by atoms with van der Waals surface area (Å²) in [4.78, 5) is 0. The van der Waals surface area contributed by atoms with Crippen LogP contribution in [0.1, 0.15) is 41.1 Å². The molecule has 1 fully saturated rings. The molecule has 3 nitrogen and oxygen atoms in total. The van der Waals surface area contributed by atoms with Gasteiger partial charge in [-0.05, 0) is 62.4 Å². The molecule has 4 N–H and O–H groups in total. The average molecular weight is 248 g/mol. The van der Waals surface area contributed by atoms with Crippen LogP contribution in [-0.2, 0) is 0 Å². The first kappa shape index (κ1) is 13.4. The second kappa shape index (κ2) is 4.56. The van der Waals surface area contributed by atoms with Gasteiger partial charge in [0.1, 0.15) is 5.75 Å². The topological polar surface area (TPSA) is 61.3 Å². The van der Waals surface area contributed by atoms with Crippen molar-refractivity contribution >= 4 is 0 Å². The Balaban J connectivity index is 2.46. The van der Waals surface area contributed by atoms with Crippen LogP contribution >= 0.6 is 0 Å². The number of aryl methyl sites for hydroxylation is 1. The van der Waals surface area contributed by atoms with Gasteiger partial charge in [-0.15, -0.1) is 0 Å². The molecule has 0 aliphatic heterocycles. The van der Waals surface area contributed by atoms with Crippen molar-refractivity contribution in [2.24, 2.45) is 16.9 Å². The lowest BCUT2D eigenvalue weighted by Gasteiger charge is -2.26. The molecule has 0 aromatic heterocycles. The van der Waals surface area contributed by atoms with Crippen molar-refractivity contribution in [1.82, 2.24) is 0 Å². The van der Waals surface area contributed by atoms with E-state index in [4.69, 9.17) is 16.2 Å². The van der Waals surface area contributed by atoms with E-state index >= 15 is 0 Å². The number of benzene rings is 1. The Kier molecular flexibility index (Phi) is 3.39. The molecule has 1 atom stereocenters. The molecule has 0 bridgehead atoms. The van der Waals surface area contributed by atoms with Gasteiger partial charge in [-0.3, -0.25) is 0 Å². The fraction of sp³-hybridized carbons (Fsp3) is 0.600. The maximum absolute atomic E-state index is 6.46. The monoisotopic (exact) mass is 248 g/mol. The Morgan fingerprint density at radius 3 is 2.33 bits per heavy atom. The van der Waals surface area contributed by atoms with Crippen LogP contribution in [0.5, 0.6) is 5.75 Å². The van der Waals surface area contributed by atoms with E-state index in [1.54, 1.807) is 7.11 Å². The highest BCUT2D eigenvalue weighted by Crippen LogP contribution is 2.53. The lowest BCUT2D eigenvalue weighted by molar-refractivity contribution is 0.402. The molecule has 0 heterocycles. The maximum Gasteiger partial charge on any atom is 0.124 e. The number of nitrogens with two attached hydrogens (primary N) is 2. The zero-order valence-electron chi connectivity index (χ0n) is 11.8. The summed E-state index contributed by atoms with van der Waals surface area (Å²) >= 11 is 0. The van der Waals surface area contributed by atoms with Crippen molar-refractivity contribution < 1.29 is 4.74 Å². The highest BCUT2D eigenvalue weighted by molar-refractivity contribution is 5.50. The minimum atomic E-state index is 0.0470. The van der Waals surface area contributed by atoms with Crippen LogP contribution in [0, 0.1) is 26.2 Å². The van der Waals surface area contributed by atoms with Crippen LogP contribution in [0.4, 0.5) is 0 Å². The third kappa shape index (κ3) is 1.91. The fourth-order valence-corrected chi connectivity index (χ4v) is 2.86.